The Kier molecular flexibility index (Phi) is 5.74. The summed E-state index contributed by atoms with van der Waals surface area (Å²) in [6, 6.07) is 13.5. The second kappa shape index (κ2) is 8.41. The Balaban J connectivity index is 1.70. The molecule has 0 aliphatic heterocycles. The topological polar surface area (TPSA) is 60.0 Å². The maximum atomic E-state index is 5.81. The van der Waals surface area contributed by atoms with E-state index in [4.69, 9.17) is 15.7 Å². The number of aromatic nitrogens is 3. The molecule has 5 heteroatoms. The first-order valence-electron chi connectivity index (χ1n) is 10.5. The third-order valence-corrected chi connectivity index (χ3v) is 5.87. The molecule has 1 aromatic carbocycles. The highest BCUT2D eigenvalue weighted by molar-refractivity contribution is 5.75. The first kappa shape index (κ1) is 19.1. The van der Waals surface area contributed by atoms with Crippen molar-refractivity contribution < 1.29 is 0 Å². The van der Waals surface area contributed by atoms with E-state index in [1.807, 2.05) is 6.20 Å². The van der Waals surface area contributed by atoms with Crippen LogP contribution in [-0.4, -0.2) is 32.0 Å². The largest absolute Gasteiger partial charge is 0.330 e. The van der Waals surface area contributed by atoms with E-state index in [-0.39, 0.29) is 0 Å². The maximum absolute atomic E-state index is 5.81. The van der Waals surface area contributed by atoms with Crippen molar-refractivity contribution in [2.45, 2.75) is 64.7 Å². The Morgan fingerprint density at radius 2 is 2.07 bits per heavy atom. The van der Waals surface area contributed by atoms with Crippen LogP contribution >= 0.6 is 0 Å². The third-order valence-electron chi connectivity index (χ3n) is 5.87. The highest BCUT2D eigenvalue weighted by Crippen LogP contribution is 2.35. The molecule has 0 bridgehead atoms. The number of imidazole rings is 1. The summed E-state index contributed by atoms with van der Waals surface area (Å²) in [5.41, 5.74) is 10.7. The molecule has 0 saturated heterocycles. The van der Waals surface area contributed by atoms with E-state index >= 15 is 0 Å². The van der Waals surface area contributed by atoms with Gasteiger partial charge in [-0.25, -0.2) is 4.98 Å². The Bertz CT molecular complexity index is 930. The molecule has 3 aromatic rings. The average molecular weight is 378 g/mol. The van der Waals surface area contributed by atoms with Crippen molar-refractivity contribution in [2.75, 3.05) is 6.54 Å². The molecule has 1 aliphatic rings. The van der Waals surface area contributed by atoms with Crippen LogP contribution in [0.4, 0.5) is 0 Å². The standard InChI is InChI=1S/C23H31N5/c1-17(2)28(21-12-5-8-18-9-6-14-25-23(18)21)16-22-26-19-10-3-4-11-20(19)27(22)15-7-13-24/h3-4,6,9-11,14,17,21H,5,7-8,12-13,15-16,24H2,1-2H3. The molecule has 1 aliphatic carbocycles. The highest BCUT2D eigenvalue weighted by atomic mass is 15.2. The van der Waals surface area contributed by atoms with Crippen LogP contribution in [0, 0.1) is 0 Å². The lowest BCUT2D eigenvalue weighted by Crippen LogP contribution is -2.37. The number of hydrogen-bond acceptors (Lipinski definition) is 4. The van der Waals surface area contributed by atoms with Gasteiger partial charge in [0.05, 0.1) is 29.3 Å². The molecule has 0 amide bonds. The zero-order chi connectivity index (χ0) is 19.5. The van der Waals surface area contributed by atoms with Crippen LogP contribution < -0.4 is 5.73 Å². The number of rotatable bonds is 7. The van der Waals surface area contributed by atoms with E-state index in [0.717, 1.165) is 43.7 Å². The molecule has 2 N–H and O–H groups in total. The zero-order valence-electron chi connectivity index (χ0n) is 17.0. The third kappa shape index (κ3) is 3.69. The lowest BCUT2D eigenvalue weighted by molar-refractivity contribution is 0.120. The van der Waals surface area contributed by atoms with Crippen LogP contribution in [0.1, 0.15) is 56.2 Å². The molecule has 0 radical (unpaired) electrons. The van der Waals surface area contributed by atoms with Gasteiger partial charge in [-0.15, -0.1) is 0 Å². The van der Waals surface area contributed by atoms with Crippen molar-refractivity contribution in [1.29, 1.82) is 0 Å². The summed E-state index contributed by atoms with van der Waals surface area (Å²) in [6.07, 6.45) is 6.41. The van der Waals surface area contributed by atoms with Gasteiger partial charge in [0, 0.05) is 18.8 Å². The van der Waals surface area contributed by atoms with Crippen LogP contribution in [0.25, 0.3) is 11.0 Å². The second-order valence-corrected chi connectivity index (χ2v) is 8.03. The monoisotopic (exact) mass is 377 g/mol. The maximum Gasteiger partial charge on any atom is 0.124 e. The number of nitrogens with zero attached hydrogens (tertiary/aromatic N) is 4. The van der Waals surface area contributed by atoms with Crippen LogP contribution in [-0.2, 0) is 19.5 Å². The number of pyridine rings is 1. The average Bonchev–Trinajstić information content (AvgIpc) is 3.07. The Morgan fingerprint density at radius 1 is 1.21 bits per heavy atom. The summed E-state index contributed by atoms with van der Waals surface area (Å²) >= 11 is 0. The van der Waals surface area contributed by atoms with Gasteiger partial charge in [0.1, 0.15) is 5.82 Å². The first-order chi connectivity index (χ1) is 13.7. The van der Waals surface area contributed by atoms with E-state index in [2.05, 4.69) is 59.7 Å². The van der Waals surface area contributed by atoms with Crippen LogP contribution in [0.3, 0.4) is 0 Å². The molecule has 2 heterocycles. The van der Waals surface area contributed by atoms with Gasteiger partial charge in [-0.2, -0.15) is 0 Å². The molecule has 1 unspecified atom stereocenters. The predicted octanol–water partition coefficient (Wildman–Crippen LogP) is 4.07. The molecule has 1 atom stereocenters. The van der Waals surface area contributed by atoms with Crippen LogP contribution in [0.2, 0.25) is 0 Å². The number of fused-ring (bicyclic) bond motifs is 2. The highest BCUT2D eigenvalue weighted by Gasteiger charge is 2.30. The van der Waals surface area contributed by atoms with E-state index in [1.54, 1.807) is 0 Å². The summed E-state index contributed by atoms with van der Waals surface area (Å²) in [5, 5.41) is 0. The minimum Gasteiger partial charge on any atom is -0.330 e. The van der Waals surface area contributed by atoms with E-state index in [0.29, 0.717) is 18.6 Å². The second-order valence-electron chi connectivity index (χ2n) is 8.03. The number of benzene rings is 1. The molecule has 2 aromatic heterocycles. The summed E-state index contributed by atoms with van der Waals surface area (Å²) in [7, 11) is 0. The zero-order valence-corrected chi connectivity index (χ0v) is 17.0. The van der Waals surface area contributed by atoms with Crippen molar-refractivity contribution >= 4 is 11.0 Å². The molecular weight excluding hydrogens is 346 g/mol. The van der Waals surface area contributed by atoms with Crippen molar-refractivity contribution in [3.8, 4) is 0 Å². The number of para-hydroxylation sites is 2. The molecule has 148 valence electrons. The fourth-order valence-electron chi connectivity index (χ4n) is 4.47. The Hall–Kier alpha value is -2.24. The van der Waals surface area contributed by atoms with Gasteiger partial charge in [-0.1, -0.05) is 18.2 Å². The molecule has 28 heavy (non-hydrogen) atoms. The minimum atomic E-state index is 0.354. The Labute approximate surface area is 167 Å². The number of hydrogen-bond donors (Lipinski definition) is 1. The molecule has 0 spiro atoms. The lowest BCUT2D eigenvalue weighted by atomic mass is 9.90. The summed E-state index contributed by atoms with van der Waals surface area (Å²) < 4.78 is 2.36. The van der Waals surface area contributed by atoms with E-state index in [1.165, 1.54) is 23.2 Å². The summed E-state index contributed by atoms with van der Waals surface area (Å²) in [5.74, 6) is 1.13. The predicted molar refractivity (Wildman–Crippen MR) is 114 cm³/mol. The molecule has 4 rings (SSSR count). The SMILES string of the molecule is CC(C)N(Cc1nc2ccccc2n1CCCN)C1CCCc2cccnc21. The normalized spacial score (nSPS) is 16.8. The van der Waals surface area contributed by atoms with Gasteiger partial charge >= 0.3 is 0 Å². The van der Waals surface area contributed by atoms with Crippen LogP contribution in [0.5, 0.6) is 0 Å². The van der Waals surface area contributed by atoms with Crippen molar-refractivity contribution in [3.63, 3.8) is 0 Å². The smallest absolute Gasteiger partial charge is 0.124 e. The van der Waals surface area contributed by atoms with E-state index < -0.39 is 0 Å². The quantitative estimate of drug-likeness (QED) is 0.674. The van der Waals surface area contributed by atoms with Crippen molar-refractivity contribution in [1.82, 2.24) is 19.4 Å². The van der Waals surface area contributed by atoms with Gasteiger partial charge in [0.15, 0.2) is 0 Å². The molecule has 5 nitrogen and oxygen atoms in total. The number of nitrogens with two attached hydrogens (primary N) is 1. The van der Waals surface area contributed by atoms with Gasteiger partial charge in [-0.3, -0.25) is 9.88 Å². The van der Waals surface area contributed by atoms with Crippen LogP contribution in [0.15, 0.2) is 42.6 Å². The summed E-state index contributed by atoms with van der Waals surface area (Å²) in [6.45, 7) is 7.00. The van der Waals surface area contributed by atoms with Crippen molar-refractivity contribution in [3.05, 3.63) is 59.7 Å². The molecule has 0 saturated carbocycles. The molecular formula is C23H31N5. The number of aryl methyl sites for hydroxylation is 2. The fourth-order valence-corrected chi connectivity index (χ4v) is 4.47. The van der Waals surface area contributed by atoms with Crippen molar-refractivity contribution in [2.24, 2.45) is 5.73 Å². The fraction of sp³-hybridized carbons (Fsp3) is 0.478. The first-order valence-corrected chi connectivity index (χ1v) is 10.5. The lowest BCUT2D eigenvalue weighted by Gasteiger charge is -2.37. The van der Waals surface area contributed by atoms with Gasteiger partial charge in [0.2, 0.25) is 0 Å². The molecule has 0 fully saturated rings. The van der Waals surface area contributed by atoms with Gasteiger partial charge in [0.25, 0.3) is 0 Å². The van der Waals surface area contributed by atoms with Gasteiger partial charge < -0.3 is 10.3 Å². The van der Waals surface area contributed by atoms with E-state index in [9.17, 15) is 0 Å². The minimum absolute atomic E-state index is 0.354. The Morgan fingerprint density at radius 3 is 2.89 bits per heavy atom. The van der Waals surface area contributed by atoms with Gasteiger partial charge in [-0.05, 0) is 69.8 Å². The summed E-state index contributed by atoms with van der Waals surface area (Å²) in [4.78, 5) is 12.3.